The molecule has 0 amide bonds. The van der Waals surface area contributed by atoms with Gasteiger partial charge in [0.05, 0.1) is 0 Å². The summed E-state index contributed by atoms with van der Waals surface area (Å²) in [6, 6.07) is 0. The first-order valence-corrected chi connectivity index (χ1v) is 21.1. The largest absolute Gasteiger partial charge is 0.462 e. The lowest BCUT2D eigenvalue weighted by atomic mass is 10.1. The van der Waals surface area contributed by atoms with E-state index in [2.05, 4.69) is 69.4 Å². The molecular weight excluding hydrogens is 636 g/mol. The van der Waals surface area contributed by atoms with Crippen LogP contribution in [0.25, 0.3) is 0 Å². The van der Waals surface area contributed by atoms with Crippen LogP contribution in [0.15, 0.2) is 48.6 Å². The van der Waals surface area contributed by atoms with E-state index >= 15 is 0 Å². The second-order valence-corrected chi connectivity index (χ2v) is 13.9. The zero-order valence-corrected chi connectivity index (χ0v) is 33.4. The van der Waals surface area contributed by atoms with Gasteiger partial charge in [-0.05, 0) is 70.6 Å². The molecular formula is C45H78O6. The molecule has 0 saturated heterocycles. The number of hydrogen-bond acceptors (Lipinski definition) is 6. The van der Waals surface area contributed by atoms with Crippen LogP contribution >= 0.6 is 0 Å². The van der Waals surface area contributed by atoms with Gasteiger partial charge in [-0.3, -0.25) is 14.4 Å². The maximum absolute atomic E-state index is 12.6. The Balaban J connectivity index is 4.36. The van der Waals surface area contributed by atoms with Crippen molar-refractivity contribution in [1.29, 1.82) is 0 Å². The Hall–Kier alpha value is -2.63. The number of hydrogen-bond donors (Lipinski definition) is 0. The quantitative estimate of drug-likeness (QED) is 0.0276. The first-order valence-electron chi connectivity index (χ1n) is 21.1. The molecule has 0 heterocycles. The fourth-order valence-electron chi connectivity index (χ4n) is 5.61. The topological polar surface area (TPSA) is 78.9 Å². The highest BCUT2D eigenvalue weighted by Gasteiger charge is 2.19. The van der Waals surface area contributed by atoms with Crippen LogP contribution in [-0.4, -0.2) is 37.2 Å². The standard InChI is InChI=1S/C45H78O6/c1-4-7-10-13-16-18-20-21-22-23-25-26-29-32-35-38-44(47)50-41-42(40-49-43(46)37-34-31-28-15-12-9-6-3)51-45(48)39-36-33-30-27-24-19-17-14-11-8-5-2/h7,10,14,16-18,21-22,42H,4-6,8-9,11-13,15,19-20,23-41H2,1-3H3/b10-7-,17-14-,18-16-,22-21-. The van der Waals surface area contributed by atoms with Crippen LogP contribution in [0.4, 0.5) is 0 Å². The molecule has 0 aliphatic heterocycles. The van der Waals surface area contributed by atoms with E-state index < -0.39 is 6.10 Å². The predicted molar refractivity (Wildman–Crippen MR) is 215 cm³/mol. The molecule has 0 fully saturated rings. The fraction of sp³-hybridized carbons (Fsp3) is 0.756. The monoisotopic (exact) mass is 715 g/mol. The van der Waals surface area contributed by atoms with Crippen molar-refractivity contribution in [2.24, 2.45) is 0 Å². The van der Waals surface area contributed by atoms with Gasteiger partial charge in [0.15, 0.2) is 6.10 Å². The van der Waals surface area contributed by atoms with Gasteiger partial charge in [0, 0.05) is 19.3 Å². The van der Waals surface area contributed by atoms with Crippen molar-refractivity contribution < 1.29 is 28.6 Å². The molecule has 51 heavy (non-hydrogen) atoms. The highest BCUT2D eigenvalue weighted by molar-refractivity contribution is 5.71. The minimum atomic E-state index is -0.777. The molecule has 1 atom stereocenters. The van der Waals surface area contributed by atoms with Crippen molar-refractivity contribution in [3.8, 4) is 0 Å². The van der Waals surface area contributed by atoms with Crippen molar-refractivity contribution in [3.63, 3.8) is 0 Å². The van der Waals surface area contributed by atoms with E-state index in [0.29, 0.717) is 19.3 Å². The Labute approximate surface area is 314 Å². The van der Waals surface area contributed by atoms with Crippen LogP contribution in [-0.2, 0) is 28.6 Å². The summed E-state index contributed by atoms with van der Waals surface area (Å²) >= 11 is 0. The molecule has 0 rings (SSSR count). The molecule has 0 bridgehead atoms. The second kappa shape index (κ2) is 40.1. The van der Waals surface area contributed by atoms with Crippen LogP contribution in [0.1, 0.15) is 201 Å². The van der Waals surface area contributed by atoms with Gasteiger partial charge in [-0.25, -0.2) is 0 Å². The lowest BCUT2D eigenvalue weighted by molar-refractivity contribution is -0.167. The van der Waals surface area contributed by atoms with Gasteiger partial charge < -0.3 is 14.2 Å². The van der Waals surface area contributed by atoms with Gasteiger partial charge in [0.1, 0.15) is 13.2 Å². The normalized spacial score (nSPS) is 12.5. The van der Waals surface area contributed by atoms with Crippen molar-refractivity contribution in [2.75, 3.05) is 13.2 Å². The summed E-state index contributed by atoms with van der Waals surface area (Å²) in [6.07, 6.45) is 45.3. The molecule has 0 N–H and O–H groups in total. The van der Waals surface area contributed by atoms with Gasteiger partial charge in [0.25, 0.3) is 0 Å². The van der Waals surface area contributed by atoms with E-state index in [1.807, 2.05) is 0 Å². The van der Waals surface area contributed by atoms with Gasteiger partial charge in [-0.2, -0.15) is 0 Å². The Morgan fingerprint density at radius 2 is 0.784 bits per heavy atom. The van der Waals surface area contributed by atoms with Crippen molar-refractivity contribution in [2.45, 2.75) is 207 Å². The highest BCUT2D eigenvalue weighted by atomic mass is 16.6. The smallest absolute Gasteiger partial charge is 0.306 e. The Morgan fingerprint density at radius 1 is 0.412 bits per heavy atom. The van der Waals surface area contributed by atoms with Gasteiger partial charge in [-0.15, -0.1) is 0 Å². The van der Waals surface area contributed by atoms with Crippen molar-refractivity contribution in [3.05, 3.63) is 48.6 Å². The zero-order valence-electron chi connectivity index (χ0n) is 33.4. The average Bonchev–Trinajstić information content (AvgIpc) is 3.12. The number of carbonyl (C=O) groups is 3. The molecule has 1 unspecified atom stereocenters. The van der Waals surface area contributed by atoms with Crippen LogP contribution in [0.2, 0.25) is 0 Å². The Kier molecular flexibility index (Phi) is 38.1. The summed E-state index contributed by atoms with van der Waals surface area (Å²) in [5.41, 5.74) is 0. The summed E-state index contributed by atoms with van der Waals surface area (Å²) in [4.78, 5) is 37.5. The number of rotatable bonds is 37. The Bertz CT molecular complexity index is 918. The first kappa shape index (κ1) is 48.4. The minimum absolute atomic E-state index is 0.0822. The first-order chi connectivity index (χ1) is 25.0. The molecule has 6 heteroatoms. The molecule has 6 nitrogen and oxygen atoms in total. The number of esters is 3. The van der Waals surface area contributed by atoms with E-state index in [9.17, 15) is 14.4 Å². The van der Waals surface area contributed by atoms with Gasteiger partial charge in [-0.1, -0.05) is 159 Å². The lowest BCUT2D eigenvalue weighted by Gasteiger charge is -2.18. The number of ether oxygens (including phenoxy) is 3. The molecule has 294 valence electrons. The second-order valence-electron chi connectivity index (χ2n) is 13.9. The third-order valence-electron chi connectivity index (χ3n) is 8.82. The molecule has 0 aromatic heterocycles. The summed E-state index contributed by atoms with van der Waals surface area (Å²) in [6.45, 7) is 6.40. The molecule has 0 spiro atoms. The summed E-state index contributed by atoms with van der Waals surface area (Å²) in [5, 5.41) is 0. The van der Waals surface area contributed by atoms with E-state index in [1.165, 1.54) is 51.4 Å². The number of allylic oxidation sites excluding steroid dienone is 8. The van der Waals surface area contributed by atoms with E-state index in [4.69, 9.17) is 14.2 Å². The molecule has 0 aromatic carbocycles. The minimum Gasteiger partial charge on any atom is -0.462 e. The molecule has 0 saturated carbocycles. The van der Waals surface area contributed by atoms with Crippen molar-refractivity contribution >= 4 is 17.9 Å². The molecule has 0 aliphatic carbocycles. The molecule has 0 aromatic rings. The third kappa shape index (κ3) is 38.4. The van der Waals surface area contributed by atoms with Gasteiger partial charge >= 0.3 is 17.9 Å². The SMILES string of the molecule is CC/C=C\C/C=C\C/C=C\CCCCCCCC(=O)OCC(COC(=O)CCCCCCCCC)OC(=O)CCCCCCC/C=C\CCCC. The third-order valence-corrected chi connectivity index (χ3v) is 8.82. The van der Waals surface area contributed by atoms with Crippen LogP contribution in [0.3, 0.4) is 0 Å². The van der Waals surface area contributed by atoms with Crippen LogP contribution in [0.5, 0.6) is 0 Å². The van der Waals surface area contributed by atoms with E-state index in [-0.39, 0.29) is 31.1 Å². The van der Waals surface area contributed by atoms with E-state index in [0.717, 1.165) is 109 Å². The lowest BCUT2D eigenvalue weighted by Crippen LogP contribution is -2.30. The fourth-order valence-corrected chi connectivity index (χ4v) is 5.61. The van der Waals surface area contributed by atoms with Gasteiger partial charge in [0.2, 0.25) is 0 Å². The van der Waals surface area contributed by atoms with E-state index in [1.54, 1.807) is 0 Å². The summed E-state index contributed by atoms with van der Waals surface area (Å²) in [5.74, 6) is -0.921. The predicted octanol–water partition coefficient (Wildman–Crippen LogP) is 13.2. The average molecular weight is 715 g/mol. The maximum Gasteiger partial charge on any atom is 0.306 e. The zero-order chi connectivity index (χ0) is 37.3. The number of unbranched alkanes of at least 4 members (excludes halogenated alkanes) is 18. The van der Waals surface area contributed by atoms with Crippen molar-refractivity contribution in [1.82, 2.24) is 0 Å². The summed E-state index contributed by atoms with van der Waals surface area (Å²) < 4.78 is 16.6. The Morgan fingerprint density at radius 3 is 1.27 bits per heavy atom. The van der Waals surface area contributed by atoms with Crippen LogP contribution in [0, 0.1) is 0 Å². The maximum atomic E-state index is 12.6. The molecule has 0 aliphatic rings. The van der Waals surface area contributed by atoms with Crippen LogP contribution < -0.4 is 0 Å². The highest BCUT2D eigenvalue weighted by Crippen LogP contribution is 2.13. The number of carbonyl (C=O) groups excluding carboxylic acids is 3. The summed E-state index contributed by atoms with van der Waals surface area (Å²) in [7, 11) is 0. The molecule has 0 radical (unpaired) electrons.